The summed E-state index contributed by atoms with van der Waals surface area (Å²) in [5, 5.41) is 10.1. The van der Waals surface area contributed by atoms with E-state index in [4.69, 9.17) is 0 Å². The van der Waals surface area contributed by atoms with E-state index in [9.17, 15) is 18.3 Å². The minimum absolute atomic E-state index is 0.0727. The first-order chi connectivity index (χ1) is 13.7. The zero-order valence-electron chi connectivity index (χ0n) is 16.2. The van der Waals surface area contributed by atoms with E-state index in [1.807, 2.05) is 0 Å². The molecule has 3 nitrogen and oxygen atoms in total. The number of pyridine rings is 1. The second kappa shape index (κ2) is 6.74. The van der Waals surface area contributed by atoms with Crippen LogP contribution in [0.15, 0.2) is 54.9 Å². The number of fused-ring (bicyclic) bond motifs is 1. The number of aliphatic hydroxyl groups is 1. The lowest BCUT2D eigenvalue weighted by molar-refractivity contribution is 0.0746. The molecule has 148 valence electrons. The van der Waals surface area contributed by atoms with Crippen LogP contribution >= 0.6 is 0 Å². The first kappa shape index (κ1) is 19.2. The van der Waals surface area contributed by atoms with Crippen molar-refractivity contribution < 1.29 is 18.3 Å². The fraction of sp³-hybridized carbons (Fsp3) is 0.174. The van der Waals surface area contributed by atoms with Crippen molar-refractivity contribution in [3.8, 4) is 22.4 Å². The van der Waals surface area contributed by atoms with Gasteiger partial charge in [-0.2, -0.15) is 0 Å². The molecule has 4 rings (SSSR count). The molecule has 0 aliphatic rings. The van der Waals surface area contributed by atoms with E-state index in [2.05, 4.69) is 4.98 Å². The van der Waals surface area contributed by atoms with Crippen LogP contribution in [0, 0.1) is 24.4 Å². The van der Waals surface area contributed by atoms with Gasteiger partial charge in [-0.05, 0) is 68.3 Å². The van der Waals surface area contributed by atoms with E-state index in [0.717, 1.165) is 0 Å². The standard InChI is InChI=1S/C23H19F3N2O/c1-13-10-15(24)5-6-16(13)17-11-14(4-7-19(17)25)20-12-27-22-21(26)18(23(2,3)29)8-9-28(20)22/h4-12,29H,1-3H3. The summed E-state index contributed by atoms with van der Waals surface area (Å²) in [6, 6.07) is 10.2. The highest BCUT2D eigenvalue weighted by molar-refractivity contribution is 5.75. The van der Waals surface area contributed by atoms with Gasteiger partial charge in [0.2, 0.25) is 0 Å². The molecule has 2 aromatic carbocycles. The van der Waals surface area contributed by atoms with Crippen LogP contribution < -0.4 is 0 Å². The molecule has 2 heterocycles. The van der Waals surface area contributed by atoms with Crippen molar-refractivity contribution in [3.63, 3.8) is 0 Å². The van der Waals surface area contributed by atoms with Gasteiger partial charge < -0.3 is 5.11 Å². The summed E-state index contributed by atoms with van der Waals surface area (Å²) in [6.07, 6.45) is 3.13. The predicted molar refractivity (Wildman–Crippen MR) is 106 cm³/mol. The first-order valence-corrected chi connectivity index (χ1v) is 9.11. The van der Waals surface area contributed by atoms with E-state index < -0.39 is 17.2 Å². The lowest BCUT2D eigenvalue weighted by atomic mass is 9.97. The van der Waals surface area contributed by atoms with Crippen LogP contribution in [0.4, 0.5) is 13.2 Å². The Kier molecular flexibility index (Phi) is 4.46. The van der Waals surface area contributed by atoms with E-state index in [1.165, 1.54) is 50.4 Å². The molecule has 6 heteroatoms. The molecular weight excluding hydrogens is 377 g/mol. The zero-order chi connectivity index (χ0) is 20.9. The summed E-state index contributed by atoms with van der Waals surface area (Å²) in [4.78, 5) is 4.16. The lowest BCUT2D eigenvalue weighted by Crippen LogP contribution is -2.18. The first-order valence-electron chi connectivity index (χ1n) is 9.11. The monoisotopic (exact) mass is 396 g/mol. The maximum absolute atomic E-state index is 14.9. The van der Waals surface area contributed by atoms with E-state index >= 15 is 0 Å². The molecule has 0 bridgehead atoms. The van der Waals surface area contributed by atoms with Crippen molar-refractivity contribution in [3.05, 3.63) is 83.4 Å². The predicted octanol–water partition coefficient (Wildman–Crippen LogP) is 5.62. The molecule has 0 saturated heterocycles. The second-order valence-corrected chi connectivity index (χ2v) is 7.59. The van der Waals surface area contributed by atoms with Gasteiger partial charge in [-0.25, -0.2) is 18.2 Å². The summed E-state index contributed by atoms with van der Waals surface area (Å²) in [6.45, 7) is 4.72. The minimum atomic E-state index is -1.35. The Morgan fingerprint density at radius 3 is 2.41 bits per heavy atom. The van der Waals surface area contributed by atoms with Crippen LogP contribution in [-0.2, 0) is 5.60 Å². The van der Waals surface area contributed by atoms with Crippen LogP contribution in [0.2, 0.25) is 0 Å². The SMILES string of the molecule is Cc1cc(F)ccc1-c1cc(-c2cnc3c(F)c(C(C)(C)O)ccn23)ccc1F. The number of aromatic nitrogens is 2. The van der Waals surface area contributed by atoms with Crippen molar-refractivity contribution in [2.45, 2.75) is 26.4 Å². The van der Waals surface area contributed by atoms with Gasteiger partial charge in [-0.15, -0.1) is 0 Å². The molecule has 0 aliphatic heterocycles. The molecule has 2 aromatic heterocycles. The van der Waals surface area contributed by atoms with Gasteiger partial charge in [0.25, 0.3) is 0 Å². The largest absolute Gasteiger partial charge is 0.386 e. The smallest absolute Gasteiger partial charge is 0.174 e. The topological polar surface area (TPSA) is 37.5 Å². The van der Waals surface area contributed by atoms with Crippen LogP contribution in [0.1, 0.15) is 25.0 Å². The molecule has 0 amide bonds. The van der Waals surface area contributed by atoms with E-state index in [0.29, 0.717) is 27.9 Å². The normalized spacial score (nSPS) is 12.0. The number of hydrogen-bond donors (Lipinski definition) is 1. The summed E-state index contributed by atoms with van der Waals surface area (Å²) in [7, 11) is 0. The van der Waals surface area contributed by atoms with Crippen LogP contribution in [0.25, 0.3) is 28.0 Å². The molecule has 0 unspecified atom stereocenters. The van der Waals surface area contributed by atoms with Crippen LogP contribution in [0.3, 0.4) is 0 Å². The zero-order valence-corrected chi connectivity index (χ0v) is 16.2. The third kappa shape index (κ3) is 3.29. The number of rotatable bonds is 3. The molecule has 0 atom stereocenters. The number of aryl methyl sites for hydroxylation is 1. The lowest BCUT2D eigenvalue weighted by Gasteiger charge is -2.18. The van der Waals surface area contributed by atoms with E-state index in [-0.39, 0.29) is 17.0 Å². The fourth-order valence-corrected chi connectivity index (χ4v) is 3.52. The Bertz CT molecular complexity index is 1240. The summed E-state index contributed by atoms with van der Waals surface area (Å²) in [5.74, 6) is -1.43. The average molecular weight is 396 g/mol. The molecule has 1 N–H and O–H groups in total. The Hall–Kier alpha value is -3.12. The average Bonchev–Trinajstić information content (AvgIpc) is 3.07. The molecule has 0 fully saturated rings. The van der Waals surface area contributed by atoms with Gasteiger partial charge in [0.05, 0.1) is 17.5 Å². The maximum Gasteiger partial charge on any atom is 0.174 e. The van der Waals surface area contributed by atoms with Gasteiger partial charge in [0.15, 0.2) is 11.5 Å². The molecule has 29 heavy (non-hydrogen) atoms. The number of halogens is 3. The van der Waals surface area contributed by atoms with Crippen LogP contribution in [0.5, 0.6) is 0 Å². The quantitative estimate of drug-likeness (QED) is 0.488. The summed E-state index contributed by atoms with van der Waals surface area (Å²) < 4.78 is 44.4. The van der Waals surface area contributed by atoms with Crippen LogP contribution in [-0.4, -0.2) is 14.5 Å². The van der Waals surface area contributed by atoms with Gasteiger partial charge >= 0.3 is 0 Å². The van der Waals surface area contributed by atoms with Crippen molar-refractivity contribution >= 4 is 5.65 Å². The fourth-order valence-electron chi connectivity index (χ4n) is 3.52. The molecule has 0 spiro atoms. The highest BCUT2D eigenvalue weighted by Crippen LogP contribution is 2.33. The summed E-state index contributed by atoms with van der Waals surface area (Å²) in [5.41, 5.74) is 1.59. The molecular formula is C23H19F3N2O. The second-order valence-electron chi connectivity index (χ2n) is 7.59. The van der Waals surface area contributed by atoms with Crippen molar-refractivity contribution in [2.75, 3.05) is 0 Å². The van der Waals surface area contributed by atoms with Gasteiger partial charge in [0, 0.05) is 22.9 Å². The third-order valence-corrected chi connectivity index (χ3v) is 5.02. The number of nitrogens with zero attached hydrogens (tertiary/aromatic N) is 2. The van der Waals surface area contributed by atoms with Crippen molar-refractivity contribution in [1.82, 2.24) is 9.38 Å². The Morgan fingerprint density at radius 1 is 0.966 bits per heavy atom. The third-order valence-electron chi connectivity index (χ3n) is 5.02. The van der Waals surface area contributed by atoms with Gasteiger partial charge in [-0.1, -0.05) is 6.07 Å². The minimum Gasteiger partial charge on any atom is -0.386 e. The number of benzene rings is 2. The molecule has 0 radical (unpaired) electrons. The Labute approximate surface area is 166 Å². The molecule has 0 saturated carbocycles. The van der Waals surface area contributed by atoms with E-state index in [1.54, 1.807) is 29.7 Å². The molecule has 0 aliphatic carbocycles. The highest BCUT2D eigenvalue weighted by Gasteiger charge is 2.24. The highest BCUT2D eigenvalue weighted by atomic mass is 19.1. The molecule has 4 aromatic rings. The van der Waals surface area contributed by atoms with Gasteiger partial charge in [0.1, 0.15) is 11.6 Å². The van der Waals surface area contributed by atoms with Crippen molar-refractivity contribution in [1.29, 1.82) is 0 Å². The Balaban J connectivity index is 1.88. The number of hydrogen-bond acceptors (Lipinski definition) is 2. The Morgan fingerprint density at radius 2 is 1.72 bits per heavy atom. The van der Waals surface area contributed by atoms with Gasteiger partial charge in [-0.3, -0.25) is 4.40 Å². The number of imidazole rings is 1. The maximum atomic E-state index is 14.9. The summed E-state index contributed by atoms with van der Waals surface area (Å²) >= 11 is 0. The van der Waals surface area contributed by atoms with Crippen molar-refractivity contribution in [2.24, 2.45) is 0 Å².